The van der Waals surface area contributed by atoms with Gasteiger partial charge < -0.3 is 20.3 Å². The van der Waals surface area contributed by atoms with Gasteiger partial charge in [-0.15, -0.1) is 0 Å². The van der Waals surface area contributed by atoms with E-state index in [1.54, 1.807) is 0 Å². The third-order valence-corrected chi connectivity index (χ3v) is 3.59. The number of carbonyl (C=O) groups is 1. The Balaban J connectivity index is 1.88. The largest absolute Gasteiger partial charge is 0.480 e. The maximum Gasteiger partial charge on any atom is 0.320 e. The van der Waals surface area contributed by atoms with Gasteiger partial charge in [0.2, 0.25) is 0 Å². The highest BCUT2D eigenvalue weighted by molar-refractivity contribution is 5.72. The summed E-state index contributed by atoms with van der Waals surface area (Å²) in [6, 6.07) is 18.6. The van der Waals surface area contributed by atoms with Gasteiger partial charge in [0, 0.05) is 6.42 Å². The smallest absolute Gasteiger partial charge is 0.320 e. The number of nitrogens with two attached hydrogens (primary N) is 1. The second-order valence-electron chi connectivity index (χ2n) is 5.54. The molecule has 2 aromatic carbocycles. The molecule has 0 radical (unpaired) electrons. The Bertz CT molecular complexity index is 560. The van der Waals surface area contributed by atoms with Crippen LogP contribution in [0.2, 0.25) is 0 Å². The van der Waals surface area contributed by atoms with E-state index in [9.17, 15) is 4.79 Å². The van der Waals surface area contributed by atoms with E-state index in [2.05, 4.69) is 0 Å². The first-order valence-electron chi connectivity index (χ1n) is 7.94. The number of hydrogen-bond donors (Lipinski definition) is 2. The van der Waals surface area contributed by atoms with Crippen LogP contribution < -0.4 is 5.73 Å². The lowest BCUT2D eigenvalue weighted by atomic mass is 10.1. The zero-order chi connectivity index (χ0) is 17.2. The molecule has 0 unspecified atom stereocenters. The quantitative estimate of drug-likeness (QED) is 0.655. The van der Waals surface area contributed by atoms with Crippen molar-refractivity contribution in [3.63, 3.8) is 0 Å². The van der Waals surface area contributed by atoms with Crippen molar-refractivity contribution in [2.24, 2.45) is 5.73 Å². The van der Waals surface area contributed by atoms with Crippen LogP contribution in [0.4, 0.5) is 0 Å². The molecule has 1 atom stereocenters. The van der Waals surface area contributed by atoms with Crippen LogP contribution >= 0.6 is 0 Å². The van der Waals surface area contributed by atoms with Crippen molar-refractivity contribution in [1.29, 1.82) is 0 Å². The summed E-state index contributed by atoms with van der Waals surface area (Å²) in [4.78, 5) is 10.9. The van der Waals surface area contributed by atoms with Gasteiger partial charge in [-0.1, -0.05) is 60.7 Å². The summed E-state index contributed by atoms with van der Waals surface area (Å²) in [6.45, 7) is 0.811. The monoisotopic (exact) mass is 329 g/mol. The molecular weight excluding hydrogens is 306 g/mol. The highest BCUT2D eigenvalue weighted by atomic mass is 16.7. The van der Waals surface area contributed by atoms with Crippen LogP contribution in [0.3, 0.4) is 0 Å². The maximum atomic E-state index is 10.9. The van der Waals surface area contributed by atoms with Crippen molar-refractivity contribution < 1.29 is 19.4 Å². The summed E-state index contributed by atoms with van der Waals surface area (Å²) in [6.07, 6.45) is 0.215. The highest BCUT2D eigenvalue weighted by Crippen LogP contribution is 2.13. The Morgan fingerprint density at radius 3 is 1.75 bits per heavy atom. The van der Waals surface area contributed by atoms with Crippen LogP contribution in [0.15, 0.2) is 60.7 Å². The molecule has 0 bridgehead atoms. The summed E-state index contributed by atoms with van der Waals surface area (Å²) < 4.78 is 11.6. The molecule has 0 amide bonds. The Hall–Kier alpha value is -2.21. The molecule has 2 rings (SSSR count). The Morgan fingerprint density at radius 1 is 0.875 bits per heavy atom. The molecule has 0 spiro atoms. The zero-order valence-electron chi connectivity index (χ0n) is 13.5. The minimum absolute atomic E-state index is 0.295. The zero-order valence-corrected chi connectivity index (χ0v) is 13.5. The molecule has 0 aliphatic heterocycles. The molecule has 0 aliphatic carbocycles. The van der Waals surface area contributed by atoms with Crippen molar-refractivity contribution >= 4 is 5.97 Å². The molecule has 5 nitrogen and oxygen atoms in total. The van der Waals surface area contributed by atoms with E-state index in [4.69, 9.17) is 20.3 Å². The normalized spacial score (nSPS) is 12.2. The van der Waals surface area contributed by atoms with Gasteiger partial charge in [-0.3, -0.25) is 4.79 Å². The molecule has 128 valence electrons. The fourth-order valence-electron chi connectivity index (χ4n) is 2.18. The van der Waals surface area contributed by atoms with Crippen molar-refractivity contribution in [1.82, 2.24) is 0 Å². The number of benzene rings is 2. The summed E-state index contributed by atoms with van der Waals surface area (Å²) in [5.41, 5.74) is 7.64. The van der Waals surface area contributed by atoms with Crippen molar-refractivity contribution in [3.8, 4) is 0 Å². The van der Waals surface area contributed by atoms with Crippen LogP contribution in [-0.2, 0) is 27.5 Å². The number of carboxylic acid groups (broad SMARTS) is 1. The molecule has 0 saturated heterocycles. The lowest BCUT2D eigenvalue weighted by molar-refractivity contribution is -0.162. The second-order valence-corrected chi connectivity index (χ2v) is 5.54. The number of rotatable bonds is 10. The van der Waals surface area contributed by atoms with E-state index >= 15 is 0 Å². The molecule has 0 fully saturated rings. The molecule has 5 heteroatoms. The average Bonchev–Trinajstić information content (AvgIpc) is 2.62. The molecule has 24 heavy (non-hydrogen) atoms. The maximum absolute atomic E-state index is 10.9. The second kappa shape index (κ2) is 9.82. The van der Waals surface area contributed by atoms with Gasteiger partial charge in [0.15, 0.2) is 6.29 Å². The number of aliphatic carboxylic acids is 1. The Labute approximate surface area is 142 Å². The van der Waals surface area contributed by atoms with Gasteiger partial charge in [0.1, 0.15) is 6.04 Å². The highest BCUT2D eigenvalue weighted by Gasteiger charge is 2.17. The first kappa shape index (κ1) is 18.1. The van der Waals surface area contributed by atoms with Crippen LogP contribution in [0.25, 0.3) is 0 Å². The minimum atomic E-state index is -1.01. The third-order valence-electron chi connectivity index (χ3n) is 3.59. The molecule has 0 heterocycles. The molecule has 3 N–H and O–H groups in total. The van der Waals surface area contributed by atoms with Gasteiger partial charge in [0.25, 0.3) is 0 Å². The number of ether oxygens (including phenoxy) is 2. The molecule has 0 aliphatic rings. The van der Waals surface area contributed by atoms with Crippen LogP contribution in [0.5, 0.6) is 0 Å². The summed E-state index contributed by atoms with van der Waals surface area (Å²) in [5.74, 6) is -1.01. The van der Waals surface area contributed by atoms with E-state index in [1.165, 1.54) is 0 Å². The molecule has 0 aromatic heterocycles. The van der Waals surface area contributed by atoms with E-state index in [1.807, 2.05) is 60.7 Å². The topological polar surface area (TPSA) is 81.8 Å². The minimum Gasteiger partial charge on any atom is -0.480 e. The third kappa shape index (κ3) is 6.50. The van der Waals surface area contributed by atoms with Crippen LogP contribution in [0.1, 0.15) is 24.0 Å². The Kier molecular flexibility index (Phi) is 7.42. The van der Waals surface area contributed by atoms with E-state index in [-0.39, 0.29) is 0 Å². The van der Waals surface area contributed by atoms with E-state index in [0.29, 0.717) is 26.1 Å². The number of hydrogen-bond acceptors (Lipinski definition) is 4. The van der Waals surface area contributed by atoms with Gasteiger partial charge in [-0.2, -0.15) is 0 Å². The van der Waals surface area contributed by atoms with Crippen LogP contribution in [-0.4, -0.2) is 23.4 Å². The standard InChI is InChI=1S/C19H23NO4/c20-17(19(21)22)11-12-18(23-13-15-7-3-1-4-8-15)24-14-16-9-5-2-6-10-16/h1-10,17-18H,11-14,20H2,(H,21,22)/t17-/m0/s1. The predicted molar refractivity (Wildman–Crippen MR) is 91.1 cm³/mol. The van der Waals surface area contributed by atoms with Crippen molar-refractivity contribution in [2.75, 3.05) is 0 Å². The summed E-state index contributed by atoms with van der Waals surface area (Å²) in [5, 5.41) is 8.90. The number of carboxylic acids is 1. The fourth-order valence-corrected chi connectivity index (χ4v) is 2.18. The fraction of sp³-hybridized carbons (Fsp3) is 0.316. The Morgan fingerprint density at radius 2 is 1.33 bits per heavy atom. The first-order valence-corrected chi connectivity index (χ1v) is 7.94. The lowest BCUT2D eigenvalue weighted by Gasteiger charge is -2.20. The van der Waals surface area contributed by atoms with Crippen LogP contribution in [0, 0.1) is 0 Å². The lowest BCUT2D eigenvalue weighted by Crippen LogP contribution is -2.32. The van der Waals surface area contributed by atoms with E-state index in [0.717, 1.165) is 11.1 Å². The molecule has 0 saturated carbocycles. The van der Waals surface area contributed by atoms with Crippen molar-refractivity contribution in [3.05, 3.63) is 71.8 Å². The predicted octanol–water partition coefficient (Wildman–Crippen LogP) is 2.94. The summed E-state index contributed by atoms with van der Waals surface area (Å²) >= 11 is 0. The SMILES string of the molecule is N[C@@H](CCC(OCc1ccccc1)OCc1ccccc1)C(=O)O. The van der Waals surface area contributed by atoms with Gasteiger partial charge >= 0.3 is 5.97 Å². The molecule has 2 aromatic rings. The van der Waals surface area contributed by atoms with E-state index < -0.39 is 18.3 Å². The molecular formula is C19H23NO4. The van der Waals surface area contributed by atoms with Gasteiger partial charge in [-0.25, -0.2) is 0 Å². The summed E-state index contributed by atoms with van der Waals surface area (Å²) in [7, 11) is 0. The first-order chi connectivity index (χ1) is 11.6. The van der Waals surface area contributed by atoms with Gasteiger partial charge in [0.05, 0.1) is 13.2 Å². The van der Waals surface area contributed by atoms with Gasteiger partial charge in [-0.05, 0) is 17.5 Å². The van der Waals surface area contributed by atoms with Crippen molar-refractivity contribution in [2.45, 2.75) is 38.4 Å². The average molecular weight is 329 g/mol.